The largest absolute Gasteiger partial charge is 0.372 e. The van der Waals surface area contributed by atoms with E-state index in [1.54, 1.807) is 6.08 Å². The molecule has 108 valence electrons. The summed E-state index contributed by atoms with van der Waals surface area (Å²) in [5, 5.41) is 0. The molecule has 0 aliphatic heterocycles. The van der Waals surface area contributed by atoms with Crippen LogP contribution >= 0.6 is 0 Å². The number of carbonyl (C=O) groups is 1. The van der Waals surface area contributed by atoms with E-state index in [2.05, 4.69) is 43.0 Å². The van der Waals surface area contributed by atoms with Crippen LogP contribution in [-0.4, -0.2) is 19.4 Å². The number of allylic oxidation sites excluding steroid dienone is 1. The van der Waals surface area contributed by atoms with E-state index in [1.807, 2.05) is 30.3 Å². The van der Waals surface area contributed by atoms with Crippen molar-refractivity contribution in [3.05, 3.63) is 71.8 Å². The molecule has 0 bridgehead atoms. The Kier molecular flexibility index (Phi) is 5.33. The highest BCUT2D eigenvalue weighted by Crippen LogP contribution is 2.25. The standard InChI is InChI=1S/C19H21NO/c1-3-20(4-2)18-12-10-17(11-13-18)19(14-15-21)16-8-6-5-7-9-16/h5-15H,3-4H2,1-2H3/b19-14+. The van der Waals surface area contributed by atoms with E-state index >= 15 is 0 Å². The van der Waals surface area contributed by atoms with E-state index in [0.717, 1.165) is 36.1 Å². The van der Waals surface area contributed by atoms with Crippen molar-refractivity contribution < 1.29 is 4.79 Å². The zero-order valence-corrected chi connectivity index (χ0v) is 12.6. The molecule has 0 spiro atoms. The van der Waals surface area contributed by atoms with Crippen LogP contribution in [0.3, 0.4) is 0 Å². The molecule has 0 aliphatic carbocycles. The molecule has 0 unspecified atom stereocenters. The summed E-state index contributed by atoms with van der Waals surface area (Å²) in [6.07, 6.45) is 2.47. The molecule has 2 aromatic carbocycles. The lowest BCUT2D eigenvalue weighted by molar-refractivity contribution is -0.104. The normalized spacial score (nSPS) is 11.2. The summed E-state index contributed by atoms with van der Waals surface area (Å²) in [5.41, 5.74) is 4.28. The topological polar surface area (TPSA) is 20.3 Å². The van der Waals surface area contributed by atoms with Crippen LogP contribution in [0.25, 0.3) is 5.57 Å². The van der Waals surface area contributed by atoms with E-state index in [1.165, 1.54) is 5.69 Å². The van der Waals surface area contributed by atoms with Gasteiger partial charge in [0.05, 0.1) is 0 Å². The fourth-order valence-electron chi connectivity index (χ4n) is 2.49. The van der Waals surface area contributed by atoms with Crippen LogP contribution in [0.4, 0.5) is 5.69 Å². The molecular weight excluding hydrogens is 258 g/mol. The molecule has 2 aromatic rings. The summed E-state index contributed by atoms with van der Waals surface area (Å²) in [7, 11) is 0. The molecule has 0 aliphatic rings. The Morgan fingerprint density at radius 2 is 1.48 bits per heavy atom. The number of nitrogens with zero attached hydrogens (tertiary/aromatic N) is 1. The van der Waals surface area contributed by atoms with Gasteiger partial charge in [-0.2, -0.15) is 0 Å². The minimum atomic E-state index is 0.848. The maximum Gasteiger partial charge on any atom is 0.143 e. The molecule has 2 nitrogen and oxygen atoms in total. The van der Waals surface area contributed by atoms with E-state index in [0.29, 0.717) is 0 Å². The molecule has 2 rings (SSSR count). The van der Waals surface area contributed by atoms with Crippen LogP contribution in [-0.2, 0) is 4.79 Å². The predicted molar refractivity (Wildman–Crippen MR) is 89.6 cm³/mol. The van der Waals surface area contributed by atoms with Gasteiger partial charge in [0.15, 0.2) is 0 Å². The van der Waals surface area contributed by atoms with Gasteiger partial charge >= 0.3 is 0 Å². The van der Waals surface area contributed by atoms with Gasteiger partial charge in [0.1, 0.15) is 6.29 Å². The Bertz CT molecular complexity index is 595. The van der Waals surface area contributed by atoms with E-state index in [-0.39, 0.29) is 0 Å². The van der Waals surface area contributed by atoms with Crippen molar-refractivity contribution in [2.24, 2.45) is 0 Å². The summed E-state index contributed by atoms with van der Waals surface area (Å²) in [6.45, 7) is 6.29. The fraction of sp³-hybridized carbons (Fsp3) is 0.211. The second-order valence-corrected chi connectivity index (χ2v) is 4.80. The van der Waals surface area contributed by atoms with Gasteiger partial charge in [-0.05, 0) is 48.8 Å². The molecule has 21 heavy (non-hydrogen) atoms. The van der Waals surface area contributed by atoms with Crippen LogP contribution < -0.4 is 4.90 Å². The van der Waals surface area contributed by atoms with Gasteiger partial charge in [0, 0.05) is 18.8 Å². The van der Waals surface area contributed by atoms with Gasteiger partial charge < -0.3 is 4.90 Å². The number of hydrogen-bond donors (Lipinski definition) is 0. The molecule has 0 fully saturated rings. The number of hydrogen-bond acceptors (Lipinski definition) is 2. The van der Waals surface area contributed by atoms with Crippen molar-refractivity contribution in [3.8, 4) is 0 Å². The summed E-state index contributed by atoms with van der Waals surface area (Å²) in [6, 6.07) is 18.4. The zero-order chi connectivity index (χ0) is 15.1. The molecule has 0 atom stereocenters. The quantitative estimate of drug-likeness (QED) is 0.584. The van der Waals surface area contributed by atoms with Gasteiger partial charge in [-0.25, -0.2) is 0 Å². The van der Waals surface area contributed by atoms with Crippen molar-refractivity contribution in [1.82, 2.24) is 0 Å². The lowest BCUT2D eigenvalue weighted by Gasteiger charge is -2.21. The molecular formula is C19H21NO. The third-order valence-corrected chi connectivity index (χ3v) is 3.63. The SMILES string of the molecule is CCN(CC)c1ccc(/C(=C/C=O)c2ccccc2)cc1. The van der Waals surface area contributed by atoms with E-state index in [4.69, 9.17) is 0 Å². The highest BCUT2D eigenvalue weighted by Gasteiger charge is 2.06. The van der Waals surface area contributed by atoms with E-state index in [9.17, 15) is 4.79 Å². The lowest BCUT2D eigenvalue weighted by atomic mass is 9.97. The predicted octanol–water partition coefficient (Wildman–Crippen LogP) is 4.16. The first-order chi connectivity index (χ1) is 10.3. The first-order valence-corrected chi connectivity index (χ1v) is 7.36. The van der Waals surface area contributed by atoms with Crippen molar-refractivity contribution in [2.75, 3.05) is 18.0 Å². The molecule has 0 radical (unpaired) electrons. The number of carbonyl (C=O) groups excluding carboxylic acids is 1. The zero-order valence-electron chi connectivity index (χ0n) is 12.6. The van der Waals surface area contributed by atoms with Crippen LogP contribution in [0.1, 0.15) is 25.0 Å². The Balaban J connectivity index is 2.35. The van der Waals surface area contributed by atoms with Gasteiger partial charge in [-0.3, -0.25) is 4.79 Å². The first kappa shape index (κ1) is 15.0. The third kappa shape index (κ3) is 3.60. The summed E-state index contributed by atoms with van der Waals surface area (Å²) in [5.74, 6) is 0. The fourth-order valence-corrected chi connectivity index (χ4v) is 2.49. The first-order valence-electron chi connectivity index (χ1n) is 7.36. The van der Waals surface area contributed by atoms with Crippen LogP contribution in [0.2, 0.25) is 0 Å². The number of benzene rings is 2. The van der Waals surface area contributed by atoms with Crippen LogP contribution in [0.15, 0.2) is 60.7 Å². The number of aldehydes is 1. The maximum absolute atomic E-state index is 10.9. The Morgan fingerprint density at radius 3 is 2.00 bits per heavy atom. The summed E-state index contributed by atoms with van der Waals surface area (Å²) in [4.78, 5) is 13.2. The molecule has 0 saturated carbocycles. The van der Waals surface area contributed by atoms with Crippen LogP contribution in [0.5, 0.6) is 0 Å². The monoisotopic (exact) mass is 279 g/mol. The lowest BCUT2D eigenvalue weighted by Crippen LogP contribution is -2.21. The van der Waals surface area contributed by atoms with Gasteiger partial charge in [-0.15, -0.1) is 0 Å². The highest BCUT2D eigenvalue weighted by molar-refractivity contribution is 5.89. The van der Waals surface area contributed by atoms with Crippen molar-refractivity contribution >= 4 is 17.5 Å². The van der Waals surface area contributed by atoms with Crippen LogP contribution in [0, 0.1) is 0 Å². The minimum Gasteiger partial charge on any atom is -0.372 e. The Labute approximate surface area is 126 Å². The molecule has 0 N–H and O–H groups in total. The Morgan fingerprint density at radius 1 is 0.905 bits per heavy atom. The summed E-state index contributed by atoms with van der Waals surface area (Å²) >= 11 is 0. The average molecular weight is 279 g/mol. The molecule has 0 amide bonds. The number of anilines is 1. The molecule has 0 heterocycles. The Hall–Kier alpha value is -2.35. The smallest absolute Gasteiger partial charge is 0.143 e. The van der Waals surface area contributed by atoms with Crippen molar-refractivity contribution in [1.29, 1.82) is 0 Å². The van der Waals surface area contributed by atoms with Crippen molar-refractivity contribution in [2.45, 2.75) is 13.8 Å². The minimum absolute atomic E-state index is 0.848. The molecule has 0 saturated heterocycles. The second kappa shape index (κ2) is 7.44. The molecule has 0 aromatic heterocycles. The second-order valence-electron chi connectivity index (χ2n) is 4.80. The highest BCUT2D eigenvalue weighted by atomic mass is 16.1. The third-order valence-electron chi connectivity index (χ3n) is 3.63. The number of rotatable bonds is 6. The average Bonchev–Trinajstić information content (AvgIpc) is 2.55. The van der Waals surface area contributed by atoms with Gasteiger partial charge in [-0.1, -0.05) is 42.5 Å². The van der Waals surface area contributed by atoms with Crippen molar-refractivity contribution in [3.63, 3.8) is 0 Å². The van der Waals surface area contributed by atoms with Gasteiger partial charge in [0.25, 0.3) is 0 Å². The van der Waals surface area contributed by atoms with E-state index < -0.39 is 0 Å². The molecule has 2 heteroatoms. The van der Waals surface area contributed by atoms with Gasteiger partial charge in [0.2, 0.25) is 0 Å². The summed E-state index contributed by atoms with van der Waals surface area (Å²) < 4.78 is 0. The maximum atomic E-state index is 10.9.